The van der Waals surface area contributed by atoms with Gasteiger partial charge >= 0.3 is 6.18 Å². The maximum atomic E-state index is 13.0. The van der Waals surface area contributed by atoms with Crippen molar-refractivity contribution < 1.29 is 18.0 Å². The molecule has 124 valence electrons. The topological polar surface area (TPSA) is 42.0 Å². The van der Waals surface area contributed by atoms with Gasteiger partial charge in [-0.3, -0.25) is 9.78 Å². The average molecular weight is 334 g/mol. The molecule has 1 rings (SSSR count). The minimum Gasteiger partial charge on any atom is -0.302 e. The van der Waals surface area contributed by atoms with Crippen LogP contribution in [-0.2, 0) is 6.18 Å². The van der Waals surface area contributed by atoms with E-state index in [9.17, 15) is 18.0 Å². The standard InChI is InChI=1S/C15H21F3N2OS/c1-5-10(3)22(11(4)6-2)20-14(21)12-9-19-8-7-13(12)15(16,17)18/h7-10H,5-6H2,1-4H3,(H,20,21). The molecule has 1 aromatic heterocycles. The zero-order valence-electron chi connectivity index (χ0n) is 13.1. The highest BCUT2D eigenvalue weighted by atomic mass is 32.2. The van der Waals surface area contributed by atoms with Gasteiger partial charge in [0.2, 0.25) is 0 Å². The maximum Gasteiger partial charge on any atom is 0.417 e. The van der Waals surface area contributed by atoms with Gasteiger partial charge in [0, 0.05) is 17.6 Å². The lowest BCUT2D eigenvalue weighted by Gasteiger charge is -2.21. The van der Waals surface area contributed by atoms with E-state index in [1.165, 1.54) is 0 Å². The van der Waals surface area contributed by atoms with Crippen LogP contribution in [0.2, 0.25) is 0 Å². The summed E-state index contributed by atoms with van der Waals surface area (Å²) in [5.74, 6) is -0.725. The Morgan fingerprint density at radius 2 is 2.05 bits per heavy atom. The Balaban J connectivity index is 3.17. The number of nitrogens with zero attached hydrogens (tertiary/aromatic N) is 1. The fourth-order valence-electron chi connectivity index (χ4n) is 1.83. The summed E-state index contributed by atoms with van der Waals surface area (Å²) in [7, 11) is -0.558. The average Bonchev–Trinajstić information content (AvgIpc) is 2.50. The maximum absolute atomic E-state index is 13.0. The molecule has 0 saturated carbocycles. The van der Waals surface area contributed by atoms with Crippen molar-refractivity contribution in [2.24, 2.45) is 0 Å². The van der Waals surface area contributed by atoms with Crippen LogP contribution >= 0.6 is 10.7 Å². The second kappa shape index (κ2) is 7.76. The molecule has 2 atom stereocenters. The van der Waals surface area contributed by atoms with Crippen molar-refractivity contribution in [2.75, 3.05) is 0 Å². The van der Waals surface area contributed by atoms with Crippen LogP contribution in [0.5, 0.6) is 0 Å². The molecule has 0 bridgehead atoms. The molecule has 1 amide bonds. The number of carbonyl (C=O) groups excluding carboxylic acids is 1. The van der Waals surface area contributed by atoms with Crippen molar-refractivity contribution in [1.29, 1.82) is 0 Å². The summed E-state index contributed by atoms with van der Waals surface area (Å²) in [6.45, 7) is 7.86. The molecule has 0 aliphatic carbocycles. The number of alkyl halides is 3. The first-order valence-electron chi connectivity index (χ1n) is 7.10. The third-order valence-electron chi connectivity index (χ3n) is 3.42. The normalized spacial score (nSPS) is 15.1. The Morgan fingerprint density at radius 1 is 1.41 bits per heavy atom. The Kier molecular flexibility index (Phi) is 6.59. The predicted molar refractivity (Wildman–Crippen MR) is 85.0 cm³/mol. The SMILES string of the molecule is CCC(C)=S(NC(=O)c1cnccc1C(F)(F)F)C(C)CC. The highest BCUT2D eigenvalue weighted by Gasteiger charge is 2.35. The zero-order chi connectivity index (χ0) is 16.9. The van der Waals surface area contributed by atoms with Crippen molar-refractivity contribution in [3.05, 3.63) is 29.6 Å². The van der Waals surface area contributed by atoms with E-state index in [0.717, 1.165) is 36.2 Å². The van der Waals surface area contributed by atoms with Crippen LogP contribution in [0.1, 0.15) is 56.5 Å². The summed E-state index contributed by atoms with van der Waals surface area (Å²) in [6.07, 6.45) is -0.962. The van der Waals surface area contributed by atoms with Crippen molar-refractivity contribution in [3.63, 3.8) is 0 Å². The number of pyridine rings is 1. The van der Waals surface area contributed by atoms with Crippen molar-refractivity contribution >= 4 is 21.4 Å². The number of hydrogen-bond acceptors (Lipinski definition) is 2. The van der Waals surface area contributed by atoms with Crippen molar-refractivity contribution in [1.82, 2.24) is 9.71 Å². The van der Waals surface area contributed by atoms with Crippen molar-refractivity contribution in [3.8, 4) is 0 Å². The smallest absolute Gasteiger partial charge is 0.302 e. The Bertz CT molecular complexity index is 570. The first kappa shape index (κ1) is 18.7. The van der Waals surface area contributed by atoms with Gasteiger partial charge in [-0.1, -0.05) is 31.4 Å². The number of rotatable bonds is 5. The lowest BCUT2D eigenvalue weighted by molar-refractivity contribution is -0.138. The second-order valence-corrected chi connectivity index (χ2v) is 7.34. The Labute approximate surface area is 131 Å². The molecule has 1 N–H and O–H groups in total. The molecule has 0 saturated heterocycles. The van der Waals surface area contributed by atoms with Crippen LogP contribution in [0.15, 0.2) is 18.5 Å². The zero-order valence-corrected chi connectivity index (χ0v) is 13.9. The number of carbonyl (C=O) groups is 1. The summed E-state index contributed by atoms with van der Waals surface area (Å²) < 4.78 is 41.7. The minimum absolute atomic E-state index is 0.176. The molecule has 0 fully saturated rings. The first-order valence-corrected chi connectivity index (χ1v) is 8.38. The Morgan fingerprint density at radius 3 is 2.55 bits per heavy atom. The van der Waals surface area contributed by atoms with Gasteiger partial charge in [0.05, 0.1) is 11.1 Å². The largest absolute Gasteiger partial charge is 0.417 e. The number of aromatic nitrogens is 1. The van der Waals surface area contributed by atoms with E-state index in [2.05, 4.69) is 9.71 Å². The number of nitrogens with one attached hydrogen (secondary N) is 1. The van der Waals surface area contributed by atoms with Crippen LogP contribution in [-0.4, -0.2) is 21.0 Å². The van der Waals surface area contributed by atoms with E-state index in [0.29, 0.717) is 0 Å². The fourth-order valence-corrected chi connectivity index (χ4v) is 3.85. The van der Waals surface area contributed by atoms with Gasteiger partial charge in [-0.15, -0.1) is 0 Å². The van der Waals surface area contributed by atoms with Gasteiger partial charge in [0.25, 0.3) is 5.91 Å². The molecule has 0 aromatic carbocycles. The monoisotopic (exact) mass is 334 g/mol. The molecule has 1 aromatic rings. The summed E-state index contributed by atoms with van der Waals surface area (Å²) in [5, 5.41) is 0.176. The molecule has 3 nitrogen and oxygen atoms in total. The molecule has 0 aliphatic rings. The molecule has 2 unspecified atom stereocenters. The fraction of sp³-hybridized carbons (Fsp3) is 0.533. The van der Waals surface area contributed by atoms with Gasteiger partial charge in [0.1, 0.15) is 0 Å². The van der Waals surface area contributed by atoms with E-state index in [4.69, 9.17) is 0 Å². The molecular formula is C15H21F3N2OS. The predicted octanol–water partition coefficient (Wildman–Crippen LogP) is 4.41. The first-order chi connectivity index (χ1) is 10.2. The van der Waals surface area contributed by atoms with Gasteiger partial charge in [-0.25, -0.2) is 0 Å². The molecule has 7 heteroatoms. The number of amides is 1. The lowest BCUT2D eigenvalue weighted by Crippen LogP contribution is -2.26. The van der Waals surface area contributed by atoms with Gasteiger partial charge in [-0.05, 0) is 30.7 Å². The highest BCUT2D eigenvalue weighted by Crippen LogP contribution is 2.32. The summed E-state index contributed by atoms with van der Waals surface area (Å²) in [5.41, 5.74) is -1.39. The molecule has 0 radical (unpaired) electrons. The van der Waals surface area contributed by atoms with E-state index >= 15 is 0 Å². The van der Waals surface area contributed by atoms with Crippen LogP contribution in [0.25, 0.3) is 0 Å². The molecular weight excluding hydrogens is 313 g/mol. The van der Waals surface area contributed by atoms with E-state index in [1.54, 1.807) is 0 Å². The molecule has 0 aliphatic heterocycles. The van der Waals surface area contributed by atoms with Gasteiger partial charge in [-0.2, -0.15) is 13.2 Å². The van der Waals surface area contributed by atoms with Crippen molar-refractivity contribution in [2.45, 2.75) is 52.0 Å². The lowest BCUT2D eigenvalue weighted by atomic mass is 10.1. The third kappa shape index (κ3) is 4.56. The van der Waals surface area contributed by atoms with Crippen LogP contribution < -0.4 is 4.72 Å². The quantitative estimate of drug-likeness (QED) is 0.810. The third-order valence-corrected chi connectivity index (χ3v) is 6.01. The summed E-state index contributed by atoms with van der Waals surface area (Å²) in [6, 6.07) is 0.826. The second-order valence-electron chi connectivity index (χ2n) is 4.96. The number of halogens is 3. The molecule has 22 heavy (non-hydrogen) atoms. The van der Waals surface area contributed by atoms with Crippen LogP contribution in [0.4, 0.5) is 13.2 Å². The summed E-state index contributed by atoms with van der Waals surface area (Å²) >= 11 is 0. The number of hydrogen-bond donors (Lipinski definition) is 1. The van der Waals surface area contributed by atoms with Gasteiger partial charge < -0.3 is 4.72 Å². The Hall–Kier alpha value is -1.37. The molecule has 1 heterocycles. The highest BCUT2D eigenvalue weighted by molar-refractivity contribution is 8.15. The van der Waals surface area contributed by atoms with Crippen LogP contribution in [0, 0.1) is 0 Å². The molecule has 0 spiro atoms. The van der Waals surface area contributed by atoms with Gasteiger partial charge in [0.15, 0.2) is 0 Å². The van der Waals surface area contributed by atoms with E-state index in [-0.39, 0.29) is 5.25 Å². The van der Waals surface area contributed by atoms with E-state index in [1.807, 2.05) is 27.7 Å². The van der Waals surface area contributed by atoms with E-state index < -0.39 is 33.9 Å². The minimum atomic E-state index is -4.58. The summed E-state index contributed by atoms with van der Waals surface area (Å²) in [4.78, 5) is 17.0. The van der Waals surface area contributed by atoms with Crippen LogP contribution in [0.3, 0.4) is 0 Å².